The Bertz CT molecular complexity index is 563. The van der Waals surface area contributed by atoms with E-state index in [1.54, 1.807) is 10.7 Å². The van der Waals surface area contributed by atoms with E-state index in [2.05, 4.69) is 16.5 Å². The molecular weight excluding hydrogens is 212 g/mol. The van der Waals surface area contributed by atoms with Crippen LogP contribution in [0.3, 0.4) is 0 Å². The van der Waals surface area contributed by atoms with Gasteiger partial charge in [0.15, 0.2) is 0 Å². The van der Waals surface area contributed by atoms with E-state index in [0.717, 1.165) is 16.9 Å². The highest BCUT2D eigenvalue weighted by molar-refractivity contribution is 5.57. The first-order valence-corrected chi connectivity index (χ1v) is 5.43. The zero-order valence-electron chi connectivity index (χ0n) is 9.94. The summed E-state index contributed by atoms with van der Waals surface area (Å²) in [5.41, 5.74) is 3.67. The van der Waals surface area contributed by atoms with Gasteiger partial charge in [-0.15, -0.1) is 0 Å². The van der Waals surface area contributed by atoms with Gasteiger partial charge in [0.25, 0.3) is 0 Å². The van der Waals surface area contributed by atoms with Crippen LogP contribution in [0.2, 0.25) is 0 Å². The molecule has 0 aliphatic rings. The molecule has 2 aromatic rings. The minimum atomic E-state index is 0.661. The van der Waals surface area contributed by atoms with Gasteiger partial charge in [-0.2, -0.15) is 10.4 Å². The third kappa shape index (κ3) is 2.45. The largest absolute Gasteiger partial charge is 0.380 e. The van der Waals surface area contributed by atoms with E-state index in [1.165, 1.54) is 0 Å². The second-order valence-corrected chi connectivity index (χ2v) is 3.92. The zero-order valence-corrected chi connectivity index (χ0v) is 9.94. The van der Waals surface area contributed by atoms with Gasteiger partial charge >= 0.3 is 0 Å². The molecule has 4 heteroatoms. The molecule has 86 valence electrons. The van der Waals surface area contributed by atoms with E-state index in [-0.39, 0.29) is 0 Å². The van der Waals surface area contributed by atoms with Crippen LogP contribution in [0.1, 0.15) is 16.8 Å². The lowest BCUT2D eigenvalue weighted by atomic mass is 10.2. The highest BCUT2D eigenvalue weighted by atomic mass is 15.2. The molecule has 0 saturated carbocycles. The van der Waals surface area contributed by atoms with Crippen LogP contribution in [-0.4, -0.2) is 9.78 Å². The number of benzene rings is 1. The Morgan fingerprint density at radius 2 is 2.18 bits per heavy atom. The molecule has 0 amide bonds. The molecule has 0 radical (unpaired) electrons. The molecule has 1 aromatic carbocycles. The van der Waals surface area contributed by atoms with Crippen molar-refractivity contribution in [3.05, 3.63) is 47.3 Å². The van der Waals surface area contributed by atoms with Gasteiger partial charge in [0.1, 0.15) is 6.07 Å². The third-order valence-corrected chi connectivity index (χ3v) is 2.63. The molecule has 0 atom stereocenters. The number of aryl methyl sites for hydroxylation is 2. The van der Waals surface area contributed by atoms with E-state index in [9.17, 15) is 0 Å². The summed E-state index contributed by atoms with van der Waals surface area (Å²) in [6.07, 6.45) is 1.98. The average molecular weight is 226 g/mol. The molecule has 17 heavy (non-hydrogen) atoms. The topological polar surface area (TPSA) is 53.6 Å². The fraction of sp³-hybridized carbons (Fsp3) is 0.231. The van der Waals surface area contributed by atoms with Crippen LogP contribution in [0.4, 0.5) is 5.69 Å². The average Bonchev–Trinajstić information content (AvgIpc) is 2.65. The maximum atomic E-state index is 8.97. The van der Waals surface area contributed by atoms with Gasteiger partial charge in [0.05, 0.1) is 16.9 Å². The van der Waals surface area contributed by atoms with E-state index in [0.29, 0.717) is 12.1 Å². The Morgan fingerprint density at radius 3 is 2.82 bits per heavy atom. The van der Waals surface area contributed by atoms with Crippen molar-refractivity contribution in [3.63, 3.8) is 0 Å². The van der Waals surface area contributed by atoms with Crippen molar-refractivity contribution >= 4 is 5.69 Å². The SMILES string of the molecule is Cc1nn(C)cc1CNc1ccccc1C#N. The minimum Gasteiger partial charge on any atom is -0.380 e. The summed E-state index contributed by atoms with van der Waals surface area (Å²) in [6, 6.07) is 9.66. The maximum Gasteiger partial charge on any atom is 0.101 e. The van der Waals surface area contributed by atoms with Crippen molar-refractivity contribution in [1.82, 2.24) is 9.78 Å². The smallest absolute Gasteiger partial charge is 0.101 e. The second kappa shape index (κ2) is 4.71. The Labute approximate surface area is 100 Å². The summed E-state index contributed by atoms with van der Waals surface area (Å²) in [6.45, 7) is 2.66. The summed E-state index contributed by atoms with van der Waals surface area (Å²) >= 11 is 0. The van der Waals surface area contributed by atoms with E-state index in [4.69, 9.17) is 5.26 Å². The Kier molecular flexibility index (Phi) is 3.10. The monoisotopic (exact) mass is 226 g/mol. The van der Waals surface area contributed by atoms with Gasteiger partial charge in [-0.3, -0.25) is 4.68 Å². The number of nitrogens with one attached hydrogen (secondary N) is 1. The van der Waals surface area contributed by atoms with Gasteiger partial charge < -0.3 is 5.32 Å². The summed E-state index contributed by atoms with van der Waals surface area (Å²) in [4.78, 5) is 0. The number of rotatable bonds is 3. The van der Waals surface area contributed by atoms with Gasteiger partial charge in [0, 0.05) is 25.4 Å². The number of anilines is 1. The molecule has 0 spiro atoms. The first-order chi connectivity index (χ1) is 8.20. The predicted octanol–water partition coefficient (Wildman–Crippen LogP) is 2.21. The molecule has 0 unspecified atom stereocenters. The molecule has 0 aliphatic carbocycles. The quantitative estimate of drug-likeness (QED) is 0.873. The van der Waals surface area contributed by atoms with Crippen molar-refractivity contribution in [2.45, 2.75) is 13.5 Å². The molecule has 1 N–H and O–H groups in total. The van der Waals surface area contributed by atoms with Crippen molar-refractivity contribution < 1.29 is 0 Å². The summed E-state index contributed by atoms with van der Waals surface area (Å²) < 4.78 is 1.79. The molecule has 4 nitrogen and oxygen atoms in total. The fourth-order valence-electron chi connectivity index (χ4n) is 1.75. The molecule has 1 aromatic heterocycles. The Balaban J connectivity index is 2.13. The zero-order chi connectivity index (χ0) is 12.3. The lowest BCUT2D eigenvalue weighted by Gasteiger charge is -2.06. The van der Waals surface area contributed by atoms with Crippen molar-refractivity contribution in [1.29, 1.82) is 5.26 Å². The molecule has 0 fully saturated rings. The van der Waals surface area contributed by atoms with Gasteiger partial charge in [-0.1, -0.05) is 12.1 Å². The lowest BCUT2D eigenvalue weighted by molar-refractivity contribution is 0.756. The van der Waals surface area contributed by atoms with Crippen LogP contribution < -0.4 is 5.32 Å². The summed E-state index contributed by atoms with van der Waals surface area (Å²) in [7, 11) is 1.90. The number of aromatic nitrogens is 2. The molecular formula is C13H14N4. The number of nitrogens with zero attached hydrogens (tertiary/aromatic N) is 3. The van der Waals surface area contributed by atoms with Crippen LogP contribution in [0.5, 0.6) is 0 Å². The Morgan fingerprint density at radius 1 is 1.41 bits per heavy atom. The highest BCUT2D eigenvalue weighted by Crippen LogP contribution is 2.15. The van der Waals surface area contributed by atoms with Crippen LogP contribution in [0.25, 0.3) is 0 Å². The molecule has 0 aliphatic heterocycles. The predicted molar refractivity (Wildman–Crippen MR) is 66.4 cm³/mol. The van der Waals surface area contributed by atoms with Crippen molar-refractivity contribution in [2.75, 3.05) is 5.32 Å². The van der Waals surface area contributed by atoms with Crippen LogP contribution in [0.15, 0.2) is 30.5 Å². The lowest BCUT2D eigenvalue weighted by Crippen LogP contribution is -2.01. The number of para-hydroxylation sites is 1. The van der Waals surface area contributed by atoms with Crippen LogP contribution >= 0.6 is 0 Å². The third-order valence-electron chi connectivity index (χ3n) is 2.63. The van der Waals surface area contributed by atoms with Gasteiger partial charge in [-0.25, -0.2) is 0 Å². The molecule has 1 heterocycles. The molecule has 0 bridgehead atoms. The van der Waals surface area contributed by atoms with E-state index >= 15 is 0 Å². The van der Waals surface area contributed by atoms with Crippen LogP contribution in [0, 0.1) is 18.3 Å². The first-order valence-electron chi connectivity index (χ1n) is 5.43. The standard InChI is InChI=1S/C13H14N4/c1-10-12(9-17(2)16-10)8-15-13-6-4-3-5-11(13)7-14/h3-6,9,15H,8H2,1-2H3. The normalized spacial score (nSPS) is 9.94. The summed E-state index contributed by atoms with van der Waals surface area (Å²) in [5, 5.41) is 16.5. The van der Waals surface area contributed by atoms with E-state index < -0.39 is 0 Å². The highest BCUT2D eigenvalue weighted by Gasteiger charge is 2.04. The van der Waals surface area contributed by atoms with Crippen molar-refractivity contribution in [2.24, 2.45) is 7.05 Å². The van der Waals surface area contributed by atoms with Crippen LogP contribution in [-0.2, 0) is 13.6 Å². The fourth-order valence-corrected chi connectivity index (χ4v) is 1.75. The summed E-state index contributed by atoms with van der Waals surface area (Å²) in [5.74, 6) is 0. The van der Waals surface area contributed by atoms with E-state index in [1.807, 2.05) is 38.4 Å². The second-order valence-electron chi connectivity index (χ2n) is 3.92. The number of hydrogen-bond donors (Lipinski definition) is 1. The van der Waals surface area contributed by atoms with Gasteiger partial charge in [0.2, 0.25) is 0 Å². The minimum absolute atomic E-state index is 0.661. The van der Waals surface area contributed by atoms with Crippen molar-refractivity contribution in [3.8, 4) is 6.07 Å². The maximum absolute atomic E-state index is 8.97. The Hall–Kier alpha value is -2.28. The first kappa shape index (κ1) is 11.2. The molecule has 2 rings (SSSR count). The number of nitriles is 1. The van der Waals surface area contributed by atoms with Gasteiger partial charge in [-0.05, 0) is 19.1 Å². The number of hydrogen-bond acceptors (Lipinski definition) is 3. The molecule has 0 saturated heterocycles.